The van der Waals surface area contributed by atoms with Gasteiger partial charge in [-0.25, -0.2) is 9.38 Å². The number of guanidine groups is 1. The van der Waals surface area contributed by atoms with Crippen molar-refractivity contribution < 1.29 is 18.6 Å². The molecule has 0 heterocycles. The molecule has 1 atom stereocenters. The molecule has 6 nitrogen and oxygen atoms in total. The molecule has 0 saturated heterocycles. The maximum atomic E-state index is 13.3. The third-order valence-corrected chi connectivity index (χ3v) is 4.19. The quantitative estimate of drug-likeness (QED) is 0.482. The van der Waals surface area contributed by atoms with Crippen LogP contribution in [0.1, 0.15) is 18.9 Å². The maximum absolute atomic E-state index is 13.3. The molecule has 2 aromatic carbocycles. The first-order valence-corrected chi connectivity index (χ1v) is 9.22. The van der Waals surface area contributed by atoms with Crippen molar-refractivity contribution in [2.75, 3.05) is 27.3 Å². The number of halogens is 1. The Morgan fingerprint density at radius 3 is 2.61 bits per heavy atom. The second-order valence-electron chi connectivity index (χ2n) is 6.20. The van der Waals surface area contributed by atoms with Crippen LogP contribution in [0.4, 0.5) is 4.39 Å². The molecule has 152 valence electrons. The zero-order chi connectivity index (χ0) is 20.4. The average molecular weight is 389 g/mol. The lowest BCUT2D eigenvalue weighted by atomic mass is 10.1. The number of hydrogen-bond acceptors (Lipinski definition) is 4. The van der Waals surface area contributed by atoms with Crippen LogP contribution < -0.4 is 25.3 Å². The van der Waals surface area contributed by atoms with Gasteiger partial charge in [-0.05, 0) is 42.7 Å². The van der Waals surface area contributed by atoms with Crippen LogP contribution in [0.3, 0.4) is 0 Å². The Hall–Kier alpha value is -2.96. The Balaban J connectivity index is 1.81. The SMILES string of the molecule is CCC(CN=C(N)NCCc1ccc(OC)c(OC)c1)Oc1cccc(F)c1. The van der Waals surface area contributed by atoms with E-state index >= 15 is 0 Å². The molecule has 0 saturated carbocycles. The van der Waals surface area contributed by atoms with Gasteiger partial charge in [0.05, 0.1) is 20.8 Å². The summed E-state index contributed by atoms with van der Waals surface area (Å²) in [6.45, 7) is 3.01. The average Bonchev–Trinajstić information content (AvgIpc) is 2.71. The summed E-state index contributed by atoms with van der Waals surface area (Å²) in [5.74, 6) is 1.90. The minimum absolute atomic E-state index is 0.173. The molecule has 2 aromatic rings. The van der Waals surface area contributed by atoms with Gasteiger partial charge in [-0.3, -0.25) is 0 Å². The van der Waals surface area contributed by atoms with Crippen LogP contribution in [-0.2, 0) is 6.42 Å². The summed E-state index contributed by atoms with van der Waals surface area (Å²) < 4.78 is 29.6. The van der Waals surface area contributed by atoms with Gasteiger partial charge in [0.25, 0.3) is 0 Å². The molecule has 0 spiro atoms. The number of hydrogen-bond donors (Lipinski definition) is 2. The predicted octanol–water partition coefficient (Wildman–Crippen LogP) is 3.15. The fourth-order valence-corrected chi connectivity index (χ4v) is 2.61. The number of nitrogens with two attached hydrogens (primary N) is 1. The zero-order valence-electron chi connectivity index (χ0n) is 16.6. The van der Waals surface area contributed by atoms with Crippen molar-refractivity contribution in [1.29, 1.82) is 0 Å². The van der Waals surface area contributed by atoms with Gasteiger partial charge in [0.1, 0.15) is 17.7 Å². The number of benzene rings is 2. The van der Waals surface area contributed by atoms with Crippen molar-refractivity contribution in [3.05, 3.63) is 53.8 Å². The standard InChI is InChI=1S/C21H28FN3O3/c1-4-17(28-18-7-5-6-16(22)13-18)14-25-21(23)24-11-10-15-8-9-19(26-2)20(12-15)27-3/h5-9,12-13,17H,4,10-11,14H2,1-3H3,(H3,23,24,25). The van der Waals surface area contributed by atoms with Gasteiger partial charge in [0.15, 0.2) is 17.5 Å². The third kappa shape index (κ3) is 6.64. The van der Waals surface area contributed by atoms with Crippen LogP contribution in [0, 0.1) is 5.82 Å². The number of nitrogens with zero attached hydrogens (tertiary/aromatic N) is 1. The molecule has 7 heteroatoms. The largest absolute Gasteiger partial charge is 0.493 e. The fraction of sp³-hybridized carbons (Fsp3) is 0.381. The van der Waals surface area contributed by atoms with Gasteiger partial charge in [-0.2, -0.15) is 0 Å². The summed E-state index contributed by atoms with van der Waals surface area (Å²) in [6.07, 6.45) is 1.32. The van der Waals surface area contributed by atoms with Crippen molar-refractivity contribution in [3.8, 4) is 17.2 Å². The zero-order valence-corrected chi connectivity index (χ0v) is 16.6. The van der Waals surface area contributed by atoms with Crippen molar-refractivity contribution in [1.82, 2.24) is 5.32 Å². The van der Waals surface area contributed by atoms with Gasteiger partial charge in [0, 0.05) is 12.6 Å². The van der Waals surface area contributed by atoms with Crippen LogP contribution in [0.2, 0.25) is 0 Å². The van der Waals surface area contributed by atoms with E-state index in [0.29, 0.717) is 36.3 Å². The Bertz CT molecular complexity index is 783. The molecule has 0 aliphatic rings. The number of methoxy groups -OCH3 is 2. The highest BCUT2D eigenvalue weighted by Crippen LogP contribution is 2.27. The van der Waals surface area contributed by atoms with E-state index in [2.05, 4.69) is 10.3 Å². The molecular weight excluding hydrogens is 361 g/mol. The molecule has 0 amide bonds. The van der Waals surface area contributed by atoms with Gasteiger partial charge < -0.3 is 25.3 Å². The Kier molecular flexibility index (Phi) is 8.39. The Morgan fingerprint density at radius 1 is 1.14 bits per heavy atom. The molecule has 28 heavy (non-hydrogen) atoms. The monoisotopic (exact) mass is 389 g/mol. The van der Waals surface area contributed by atoms with Crippen molar-refractivity contribution >= 4 is 5.96 Å². The molecule has 0 fully saturated rings. The van der Waals surface area contributed by atoms with E-state index in [1.165, 1.54) is 12.1 Å². The van der Waals surface area contributed by atoms with Gasteiger partial charge in [0.2, 0.25) is 0 Å². The summed E-state index contributed by atoms with van der Waals surface area (Å²) in [5, 5.41) is 3.09. The highest BCUT2D eigenvalue weighted by Gasteiger charge is 2.09. The summed E-state index contributed by atoms with van der Waals surface area (Å²) >= 11 is 0. The van der Waals surface area contributed by atoms with E-state index in [4.69, 9.17) is 19.9 Å². The normalized spacial score (nSPS) is 12.4. The van der Waals surface area contributed by atoms with Crippen LogP contribution in [0.25, 0.3) is 0 Å². The lowest BCUT2D eigenvalue weighted by Gasteiger charge is -2.16. The fourth-order valence-electron chi connectivity index (χ4n) is 2.61. The number of nitrogens with one attached hydrogen (secondary N) is 1. The van der Waals surface area contributed by atoms with Gasteiger partial charge in [-0.15, -0.1) is 0 Å². The number of rotatable bonds is 10. The number of ether oxygens (including phenoxy) is 3. The van der Waals surface area contributed by atoms with Crippen molar-refractivity contribution in [3.63, 3.8) is 0 Å². The third-order valence-electron chi connectivity index (χ3n) is 4.19. The minimum Gasteiger partial charge on any atom is -0.493 e. The Labute approximate surface area is 165 Å². The van der Waals surface area contributed by atoms with E-state index in [0.717, 1.165) is 18.4 Å². The summed E-state index contributed by atoms with van der Waals surface area (Å²) in [5.41, 5.74) is 7.03. The second-order valence-corrected chi connectivity index (χ2v) is 6.20. The van der Waals surface area contributed by atoms with Crippen LogP contribution >= 0.6 is 0 Å². The summed E-state index contributed by atoms with van der Waals surface area (Å²) in [6, 6.07) is 11.9. The Morgan fingerprint density at radius 2 is 1.93 bits per heavy atom. The maximum Gasteiger partial charge on any atom is 0.188 e. The molecule has 0 aliphatic heterocycles. The van der Waals surface area contributed by atoms with E-state index in [-0.39, 0.29) is 11.9 Å². The first-order chi connectivity index (χ1) is 13.5. The summed E-state index contributed by atoms with van der Waals surface area (Å²) in [7, 11) is 3.22. The van der Waals surface area contributed by atoms with Crippen molar-refractivity contribution in [2.24, 2.45) is 10.7 Å². The lowest BCUT2D eigenvalue weighted by molar-refractivity contribution is 0.205. The molecule has 0 aromatic heterocycles. The predicted molar refractivity (Wildman–Crippen MR) is 109 cm³/mol. The van der Waals surface area contributed by atoms with Crippen LogP contribution in [0.15, 0.2) is 47.5 Å². The smallest absolute Gasteiger partial charge is 0.188 e. The van der Waals surface area contributed by atoms with E-state index in [1.807, 2.05) is 25.1 Å². The van der Waals surface area contributed by atoms with Crippen molar-refractivity contribution in [2.45, 2.75) is 25.9 Å². The van der Waals surface area contributed by atoms with Gasteiger partial charge in [-0.1, -0.05) is 19.1 Å². The molecule has 0 aliphatic carbocycles. The first-order valence-electron chi connectivity index (χ1n) is 9.22. The highest BCUT2D eigenvalue weighted by molar-refractivity contribution is 5.77. The highest BCUT2D eigenvalue weighted by atomic mass is 19.1. The molecular formula is C21H28FN3O3. The molecule has 0 bridgehead atoms. The molecule has 3 N–H and O–H groups in total. The molecule has 0 radical (unpaired) electrons. The second kappa shape index (κ2) is 11.0. The topological polar surface area (TPSA) is 78.1 Å². The molecule has 1 unspecified atom stereocenters. The van der Waals surface area contributed by atoms with Gasteiger partial charge >= 0.3 is 0 Å². The van der Waals surface area contributed by atoms with Crippen LogP contribution in [0.5, 0.6) is 17.2 Å². The summed E-state index contributed by atoms with van der Waals surface area (Å²) in [4.78, 5) is 4.33. The molecule has 2 rings (SSSR count). The lowest BCUT2D eigenvalue weighted by Crippen LogP contribution is -2.34. The number of aliphatic imine (C=N–C) groups is 1. The first kappa shape index (κ1) is 21.3. The van der Waals surface area contributed by atoms with Crippen LogP contribution in [-0.4, -0.2) is 39.4 Å². The van der Waals surface area contributed by atoms with E-state index < -0.39 is 0 Å². The minimum atomic E-state index is -0.327. The van der Waals surface area contributed by atoms with E-state index in [9.17, 15) is 4.39 Å². The van der Waals surface area contributed by atoms with E-state index in [1.54, 1.807) is 26.4 Å².